The van der Waals surface area contributed by atoms with Gasteiger partial charge in [0.15, 0.2) is 0 Å². The fourth-order valence-corrected chi connectivity index (χ4v) is 2.61. The van der Waals surface area contributed by atoms with Crippen molar-refractivity contribution >= 4 is 5.97 Å². The third-order valence-corrected chi connectivity index (χ3v) is 3.73. The van der Waals surface area contributed by atoms with E-state index in [-0.39, 0.29) is 11.5 Å². The Kier molecular flexibility index (Phi) is 3.01. The predicted molar refractivity (Wildman–Crippen MR) is 58.5 cm³/mol. The summed E-state index contributed by atoms with van der Waals surface area (Å²) in [4.78, 5) is 12.1. The lowest BCUT2D eigenvalue weighted by Crippen LogP contribution is -2.55. The minimum absolute atomic E-state index is 0.0260. The van der Waals surface area contributed by atoms with Gasteiger partial charge in [0, 0.05) is 6.04 Å². The number of nitrogens with one attached hydrogen (secondary N) is 1. The molecule has 2 rings (SSSR count). The van der Waals surface area contributed by atoms with E-state index in [2.05, 4.69) is 12.2 Å². The van der Waals surface area contributed by atoms with Crippen LogP contribution in [0.2, 0.25) is 0 Å². The molecular formula is C12H21NO2. The van der Waals surface area contributed by atoms with Crippen LogP contribution in [0.5, 0.6) is 0 Å². The van der Waals surface area contributed by atoms with Gasteiger partial charge in [-0.25, -0.2) is 0 Å². The van der Waals surface area contributed by atoms with Crippen molar-refractivity contribution in [2.45, 2.75) is 57.5 Å². The van der Waals surface area contributed by atoms with Gasteiger partial charge in [-0.3, -0.25) is 10.1 Å². The monoisotopic (exact) mass is 211 g/mol. The van der Waals surface area contributed by atoms with Crippen molar-refractivity contribution in [1.82, 2.24) is 5.32 Å². The molecule has 86 valence electrons. The number of carbonyl (C=O) groups is 1. The first-order chi connectivity index (χ1) is 7.19. The zero-order chi connectivity index (χ0) is 10.9. The van der Waals surface area contributed by atoms with Crippen molar-refractivity contribution in [3.63, 3.8) is 0 Å². The third kappa shape index (κ3) is 2.03. The first-order valence-electron chi connectivity index (χ1n) is 6.14. The van der Waals surface area contributed by atoms with E-state index >= 15 is 0 Å². The Morgan fingerprint density at radius 2 is 2.20 bits per heavy atom. The summed E-state index contributed by atoms with van der Waals surface area (Å²) < 4.78 is 5.23. The van der Waals surface area contributed by atoms with Crippen molar-refractivity contribution in [3.05, 3.63) is 0 Å². The normalized spacial score (nSPS) is 35.5. The molecule has 0 aromatic heterocycles. The average molecular weight is 211 g/mol. The van der Waals surface area contributed by atoms with Crippen molar-refractivity contribution in [1.29, 1.82) is 0 Å². The van der Waals surface area contributed by atoms with E-state index in [1.54, 1.807) is 0 Å². The van der Waals surface area contributed by atoms with Crippen LogP contribution in [-0.2, 0) is 9.53 Å². The zero-order valence-corrected chi connectivity index (χ0v) is 9.71. The lowest BCUT2D eigenvalue weighted by molar-refractivity contribution is -0.152. The number of ether oxygens (including phenoxy) is 1. The maximum atomic E-state index is 12.1. The topological polar surface area (TPSA) is 38.3 Å². The standard InChI is InChI=1S/C12H21NO2/c1-3-15-11(14)12(13-10-6-7-10)8-4-5-9(12)2/h9-10,13H,3-8H2,1-2H3. The average Bonchev–Trinajstić information content (AvgIpc) is 2.92. The van der Waals surface area contributed by atoms with Gasteiger partial charge in [0.1, 0.15) is 5.54 Å². The minimum atomic E-state index is -0.364. The molecule has 3 heteroatoms. The Morgan fingerprint density at radius 3 is 2.67 bits per heavy atom. The summed E-state index contributed by atoms with van der Waals surface area (Å²) in [6.45, 7) is 4.53. The van der Waals surface area contributed by atoms with Crippen LogP contribution in [0.15, 0.2) is 0 Å². The maximum absolute atomic E-state index is 12.1. The molecule has 0 aromatic rings. The quantitative estimate of drug-likeness (QED) is 0.721. The summed E-state index contributed by atoms with van der Waals surface area (Å²) in [5, 5.41) is 3.53. The van der Waals surface area contributed by atoms with Gasteiger partial charge in [-0.2, -0.15) is 0 Å². The SMILES string of the molecule is CCOC(=O)C1(NC2CC2)CCCC1C. The highest BCUT2D eigenvalue weighted by Gasteiger charge is 2.50. The van der Waals surface area contributed by atoms with Crippen LogP contribution >= 0.6 is 0 Å². The molecule has 2 atom stereocenters. The summed E-state index contributed by atoms with van der Waals surface area (Å²) in [6.07, 6.45) is 5.66. The molecule has 0 bridgehead atoms. The molecule has 2 saturated carbocycles. The first-order valence-corrected chi connectivity index (χ1v) is 6.14. The first kappa shape index (κ1) is 10.9. The van der Waals surface area contributed by atoms with Gasteiger partial charge in [0.25, 0.3) is 0 Å². The number of esters is 1. The zero-order valence-electron chi connectivity index (χ0n) is 9.71. The number of hydrogen-bond donors (Lipinski definition) is 1. The summed E-state index contributed by atoms with van der Waals surface area (Å²) >= 11 is 0. The van der Waals surface area contributed by atoms with E-state index < -0.39 is 0 Å². The lowest BCUT2D eigenvalue weighted by Gasteiger charge is -2.32. The number of carbonyl (C=O) groups excluding carboxylic acids is 1. The van der Waals surface area contributed by atoms with Gasteiger partial charge in [-0.15, -0.1) is 0 Å². The maximum Gasteiger partial charge on any atom is 0.326 e. The smallest absolute Gasteiger partial charge is 0.326 e. The fraction of sp³-hybridized carbons (Fsp3) is 0.917. The second kappa shape index (κ2) is 4.12. The molecule has 2 unspecified atom stereocenters. The van der Waals surface area contributed by atoms with Crippen LogP contribution in [0.3, 0.4) is 0 Å². The van der Waals surface area contributed by atoms with E-state index in [9.17, 15) is 4.79 Å². The minimum Gasteiger partial charge on any atom is -0.465 e. The molecule has 2 fully saturated rings. The molecule has 3 nitrogen and oxygen atoms in total. The van der Waals surface area contributed by atoms with Crippen LogP contribution in [0.4, 0.5) is 0 Å². The second-order valence-electron chi connectivity index (χ2n) is 4.90. The highest BCUT2D eigenvalue weighted by atomic mass is 16.5. The van der Waals surface area contributed by atoms with Gasteiger partial charge in [-0.1, -0.05) is 13.3 Å². The molecule has 0 aliphatic heterocycles. The van der Waals surface area contributed by atoms with Gasteiger partial charge in [-0.05, 0) is 38.5 Å². The highest BCUT2D eigenvalue weighted by Crippen LogP contribution is 2.39. The highest BCUT2D eigenvalue weighted by molar-refractivity contribution is 5.81. The molecule has 0 aromatic carbocycles. The van der Waals surface area contributed by atoms with Gasteiger partial charge in [0.2, 0.25) is 0 Å². The molecule has 0 heterocycles. The van der Waals surface area contributed by atoms with Gasteiger partial charge < -0.3 is 4.74 Å². The van der Waals surface area contributed by atoms with Gasteiger partial charge in [0.05, 0.1) is 6.61 Å². The number of rotatable bonds is 4. The fourth-order valence-electron chi connectivity index (χ4n) is 2.61. The van der Waals surface area contributed by atoms with Gasteiger partial charge >= 0.3 is 5.97 Å². The van der Waals surface area contributed by atoms with E-state index in [1.807, 2.05) is 6.92 Å². The Hall–Kier alpha value is -0.570. The predicted octanol–water partition coefficient (Wildman–Crippen LogP) is 1.86. The van der Waals surface area contributed by atoms with Crippen molar-refractivity contribution < 1.29 is 9.53 Å². The summed E-state index contributed by atoms with van der Waals surface area (Å²) in [5.74, 6) is 0.388. The van der Waals surface area contributed by atoms with E-state index in [4.69, 9.17) is 4.74 Å². The van der Waals surface area contributed by atoms with Crippen molar-refractivity contribution in [2.75, 3.05) is 6.61 Å². The molecule has 2 aliphatic rings. The van der Waals surface area contributed by atoms with Crippen LogP contribution < -0.4 is 5.32 Å². The molecule has 0 radical (unpaired) electrons. The van der Waals surface area contributed by atoms with E-state index in [0.29, 0.717) is 18.6 Å². The molecular weight excluding hydrogens is 190 g/mol. The molecule has 2 aliphatic carbocycles. The second-order valence-corrected chi connectivity index (χ2v) is 4.90. The van der Waals surface area contributed by atoms with Crippen LogP contribution in [-0.4, -0.2) is 24.2 Å². The molecule has 0 saturated heterocycles. The Morgan fingerprint density at radius 1 is 1.47 bits per heavy atom. The summed E-state index contributed by atoms with van der Waals surface area (Å²) in [6, 6.07) is 0.565. The van der Waals surface area contributed by atoms with Crippen LogP contribution in [0.25, 0.3) is 0 Å². The number of hydrogen-bond acceptors (Lipinski definition) is 3. The Labute approximate surface area is 91.6 Å². The largest absolute Gasteiger partial charge is 0.465 e. The van der Waals surface area contributed by atoms with Crippen molar-refractivity contribution in [2.24, 2.45) is 5.92 Å². The third-order valence-electron chi connectivity index (χ3n) is 3.73. The summed E-state index contributed by atoms with van der Waals surface area (Å²) in [5.41, 5.74) is -0.364. The Balaban J connectivity index is 2.09. The molecule has 0 amide bonds. The molecule has 15 heavy (non-hydrogen) atoms. The lowest BCUT2D eigenvalue weighted by atomic mass is 9.88. The van der Waals surface area contributed by atoms with E-state index in [1.165, 1.54) is 12.8 Å². The van der Waals surface area contributed by atoms with Crippen molar-refractivity contribution in [3.8, 4) is 0 Å². The molecule has 1 N–H and O–H groups in total. The van der Waals surface area contributed by atoms with Crippen LogP contribution in [0, 0.1) is 5.92 Å². The Bertz CT molecular complexity index is 250. The van der Waals surface area contributed by atoms with E-state index in [0.717, 1.165) is 19.3 Å². The summed E-state index contributed by atoms with van der Waals surface area (Å²) in [7, 11) is 0. The van der Waals surface area contributed by atoms with Crippen LogP contribution in [0.1, 0.15) is 46.0 Å². The molecule has 0 spiro atoms.